The summed E-state index contributed by atoms with van der Waals surface area (Å²) in [6.45, 7) is 6.92. The van der Waals surface area contributed by atoms with E-state index < -0.39 is 0 Å². The average molecular weight is 192 g/mol. The first kappa shape index (κ1) is 11.2. The van der Waals surface area contributed by atoms with Crippen molar-refractivity contribution in [2.75, 3.05) is 13.1 Å². The minimum Gasteiger partial charge on any atom is -0.329 e. The Kier molecular flexibility index (Phi) is 4.63. The fraction of sp³-hybridized carbons (Fsp3) is 0.500. The van der Waals surface area contributed by atoms with Crippen molar-refractivity contribution in [1.29, 1.82) is 0 Å². The quantitative estimate of drug-likeness (QED) is 0.699. The Bertz CT molecular complexity index is 269. The Morgan fingerprint density at radius 1 is 1.36 bits per heavy atom. The van der Waals surface area contributed by atoms with Gasteiger partial charge in [0.25, 0.3) is 0 Å². The monoisotopic (exact) mass is 192 g/mol. The molecule has 0 saturated heterocycles. The van der Waals surface area contributed by atoms with Crippen LogP contribution < -0.4 is 11.1 Å². The van der Waals surface area contributed by atoms with Gasteiger partial charge in [-0.25, -0.2) is 0 Å². The Balaban J connectivity index is 2.55. The van der Waals surface area contributed by atoms with E-state index in [0.29, 0.717) is 12.5 Å². The van der Waals surface area contributed by atoms with Crippen molar-refractivity contribution in [2.24, 2.45) is 5.73 Å². The molecule has 2 heteroatoms. The van der Waals surface area contributed by atoms with Gasteiger partial charge in [-0.2, -0.15) is 0 Å². The fourth-order valence-electron chi connectivity index (χ4n) is 1.40. The van der Waals surface area contributed by atoms with Crippen LogP contribution in [0.4, 0.5) is 0 Å². The first-order valence-electron chi connectivity index (χ1n) is 5.23. The molecule has 0 aliphatic heterocycles. The van der Waals surface area contributed by atoms with Crippen LogP contribution in [0, 0.1) is 0 Å². The molecule has 0 radical (unpaired) electrons. The number of rotatable bonds is 5. The van der Waals surface area contributed by atoms with E-state index in [-0.39, 0.29) is 0 Å². The summed E-state index contributed by atoms with van der Waals surface area (Å²) in [6.07, 6.45) is 0. The molecule has 0 atom stereocenters. The maximum atomic E-state index is 5.41. The van der Waals surface area contributed by atoms with Crippen LogP contribution in [0.2, 0.25) is 0 Å². The van der Waals surface area contributed by atoms with E-state index in [0.717, 1.165) is 13.1 Å². The van der Waals surface area contributed by atoms with E-state index >= 15 is 0 Å². The van der Waals surface area contributed by atoms with Gasteiger partial charge in [-0.05, 0) is 17.0 Å². The molecule has 0 aliphatic rings. The topological polar surface area (TPSA) is 38.0 Å². The van der Waals surface area contributed by atoms with Crippen LogP contribution in [0.15, 0.2) is 24.3 Å². The maximum Gasteiger partial charge on any atom is 0.0206 e. The molecule has 0 fully saturated rings. The van der Waals surface area contributed by atoms with Crippen molar-refractivity contribution in [3.05, 3.63) is 35.4 Å². The molecular formula is C12H20N2. The van der Waals surface area contributed by atoms with Gasteiger partial charge in [0.2, 0.25) is 0 Å². The summed E-state index contributed by atoms with van der Waals surface area (Å²) < 4.78 is 0. The number of nitrogens with one attached hydrogen (secondary N) is 1. The lowest BCUT2D eigenvalue weighted by molar-refractivity contribution is 0.693. The summed E-state index contributed by atoms with van der Waals surface area (Å²) >= 11 is 0. The molecule has 1 rings (SSSR count). The molecular weight excluding hydrogens is 172 g/mol. The highest BCUT2D eigenvalue weighted by Crippen LogP contribution is 2.15. The maximum absolute atomic E-state index is 5.41. The molecule has 1 aromatic rings. The van der Waals surface area contributed by atoms with Crippen molar-refractivity contribution in [3.8, 4) is 0 Å². The van der Waals surface area contributed by atoms with E-state index in [9.17, 15) is 0 Å². The van der Waals surface area contributed by atoms with Crippen LogP contribution in [0.5, 0.6) is 0 Å². The van der Waals surface area contributed by atoms with Crippen molar-refractivity contribution in [3.63, 3.8) is 0 Å². The van der Waals surface area contributed by atoms with E-state index in [2.05, 4.69) is 43.4 Å². The second-order valence-electron chi connectivity index (χ2n) is 3.87. The van der Waals surface area contributed by atoms with E-state index in [1.165, 1.54) is 11.1 Å². The molecule has 0 bridgehead atoms. The third-order valence-electron chi connectivity index (χ3n) is 2.27. The Hall–Kier alpha value is -0.860. The molecule has 0 spiro atoms. The van der Waals surface area contributed by atoms with Gasteiger partial charge in [-0.15, -0.1) is 0 Å². The van der Waals surface area contributed by atoms with Crippen LogP contribution in [-0.2, 0) is 6.54 Å². The molecule has 0 unspecified atom stereocenters. The Labute approximate surface area is 86.5 Å². The molecule has 78 valence electrons. The molecule has 1 aromatic carbocycles. The van der Waals surface area contributed by atoms with Gasteiger partial charge >= 0.3 is 0 Å². The molecule has 0 heterocycles. The lowest BCUT2D eigenvalue weighted by Gasteiger charge is -2.08. The van der Waals surface area contributed by atoms with Crippen molar-refractivity contribution < 1.29 is 0 Å². The third-order valence-corrected chi connectivity index (χ3v) is 2.27. The van der Waals surface area contributed by atoms with Crippen molar-refractivity contribution in [2.45, 2.75) is 26.3 Å². The minimum absolute atomic E-state index is 0.601. The summed E-state index contributed by atoms with van der Waals surface area (Å²) in [5, 5.41) is 3.29. The number of hydrogen-bond donors (Lipinski definition) is 2. The van der Waals surface area contributed by atoms with E-state index in [1.54, 1.807) is 0 Å². The number of hydrogen-bond acceptors (Lipinski definition) is 2. The van der Waals surface area contributed by atoms with Gasteiger partial charge in [-0.3, -0.25) is 0 Å². The third kappa shape index (κ3) is 3.48. The van der Waals surface area contributed by atoms with E-state index in [4.69, 9.17) is 5.73 Å². The van der Waals surface area contributed by atoms with Crippen molar-refractivity contribution in [1.82, 2.24) is 5.32 Å². The molecule has 3 N–H and O–H groups in total. The van der Waals surface area contributed by atoms with Crippen LogP contribution in [0.25, 0.3) is 0 Å². The summed E-state index contributed by atoms with van der Waals surface area (Å²) in [7, 11) is 0. The van der Waals surface area contributed by atoms with Gasteiger partial charge in [0.15, 0.2) is 0 Å². The molecule has 14 heavy (non-hydrogen) atoms. The Morgan fingerprint density at radius 2 is 2.14 bits per heavy atom. The average Bonchev–Trinajstić information content (AvgIpc) is 2.19. The smallest absolute Gasteiger partial charge is 0.0206 e. The normalized spacial score (nSPS) is 10.9. The molecule has 0 aliphatic carbocycles. The van der Waals surface area contributed by atoms with Crippen LogP contribution in [0.3, 0.4) is 0 Å². The fourth-order valence-corrected chi connectivity index (χ4v) is 1.40. The standard InChI is InChI=1S/C12H20N2/c1-10(2)12-5-3-4-11(8-12)9-14-7-6-13/h3-5,8,10,14H,6-7,9,13H2,1-2H3. The van der Waals surface area contributed by atoms with Crippen LogP contribution in [0.1, 0.15) is 30.9 Å². The van der Waals surface area contributed by atoms with Gasteiger partial charge in [0.1, 0.15) is 0 Å². The van der Waals surface area contributed by atoms with Crippen molar-refractivity contribution >= 4 is 0 Å². The molecule has 0 aromatic heterocycles. The van der Waals surface area contributed by atoms with Gasteiger partial charge < -0.3 is 11.1 Å². The number of benzene rings is 1. The summed E-state index contributed by atoms with van der Waals surface area (Å²) in [5.41, 5.74) is 8.15. The molecule has 0 saturated carbocycles. The lowest BCUT2D eigenvalue weighted by atomic mass is 10.0. The van der Waals surface area contributed by atoms with E-state index in [1.807, 2.05) is 0 Å². The predicted molar refractivity (Wildman–Crippen MR) is 61.3 cm³/mol. The SMILES string of the molecule is CC(C)c1cccc(CNCCN)c1. The largest absolute Gasteiger partial charge is 0.329 e. The second kappa shape index (κ2) is 5.78. The first-order chi connectivity index (χ1) is 6.74. The van der Waals surface area contributed by atoms with Crippen LogP contribution in [-0.4, -0.2) is 13.1 Å². The molecule has 0 amide bonds. The van der Waals surface area contributed by atoms with Gasteiger partial charge in [0, 0.05) is 19.6 Å². The zero-order chi connectivity index (χ0) is 10.4. The highest BCUT2D eigenvalue weighted by atomic mass is 14.9. The molecule has 2 nitrogen and oxygen atoms in total. The second-order valence-corrected chi connectivity index (χ2v) is 3.87. The zero-order valence-electron chi connectivity index (χ0n) is 9.09. The number of nitrogens with two attached hydrogens (primary N) is 1. The Morgan fingerprint density at radius 3 is 2.79 bits per heavy atom. The highest BCUT2D eigenvalue weighted by Gasteiger charge is 1.99. The summed E-state index contributed by atoms with van der Waals surface area (Å²) in [5.74, 6) is 0.601. The summed E-state index contributed by atoms with van der Waals surface area (Å²) in [6, 6.07) is 8.70. The highest BCUT2D eigenvalue weighted by molar-refractivity contribution is 5.25. The van der Waals surface area contributed by atoms with Gasteiger partial charge in [0.05, 0.1) is 0 Å². The minimum atomic E-state index is 0.601. The lowest BCUT2D eigenvalue weighted by Crippen LogP contribution is -2.21. The summed E-state index contributed by atoms with van der Waals surface area (Å²) in [4.78, 5) is 0. The predicted octanol–water partition coefficient (Wildman–Crippen LogP) is 1.86. The first-order valence-corrected chi connectivity index (χ1v) is 5.23. The van der Waals surface area contributed by atoms with Gasteiger partial charge in [-0.1, -0.05) is 38.1 Å². The van der Waals surface area contributed by atoms with Crippen LogP contribution >= 0.6 is 0 Å². The zero-order valence-corrected chi connectivity index (χ0v) is 9.09.